The zero-order valence-electron chi connectivity index (χ0n) is 18.5. The summed E-state index contributed by atoms with van der Waals surface area (Å²) in [5.74, 6) is 0. The van der Waals surface area contributed by atoms with Crippen molar-refractivity contribution in [3.8, 4) is 0 Å². The number of nitrogens with one attached hydrogen (secondary N) is 3. The van der Waals surface area contributed by atoms with Crippen LogP contribution in [0.15, 0.2) is 66.7 Å². The van der Waals surface area contributed by atoms with Gasteiger partial charge in [0, 0.05) is 34.5 Å². The molecule has 4 amide bonds. The van der Waals surface area contributed by atoms with E-state index in [0.717, 1.165) is 17.0 Å². The van der Waals surface area contributed by atoms with E-state index in [1.54, 1.807) is 30.3 Å². The fraction of sp³-hybridized carbons (Fsp3) is 0.167. The molecule has 3 rings (SSSR count). The second-order valence-electron chi connectivity index (χ2n) is 7.50. The molecule has 0 fully saturated rings. The molecule has 0 saturated carbocycles. The van der Waals surface area contributed by atoms with Gasteiger partial charge in [0.1, 0.15) is 0 Å². The molecule has 6 nitrogen and oxygen atoms in total. The van der Waals surface area contributed by atoms with E-state index in [1.165, 1.54) is 24.3 Å². The van der Waals surface area contributed by atoms with E-state index >= 15 is 0 Å². The number of halogens is 6. The van der Waals surface area contributed by atoms with Crippen molar-refractivity contribution in [2.24, 2.45) is 0 Å². The lowest BCUT2D eigenvalue weighted by atomic mass is 10.1. The van der Waals surface area contributed by atoms with Gasteiger partial charge < -0.3 is 16.0 Å². The molecule has 3 N–H and O–H groups in total. The maximum atomic E-state index is 13.2. The molecule has 0 unspecified atom stereocenters. The van der Waals surface area contributed by atoms with E-state index in [0.29, 0.717) is 21.4 Å². The third-order valence-electron chi connectivity index (χ3n) is 4.83. The number of carbonyl (C=O) groups is 2. The maximum Gasteiger partial charge on any atom is 0.416 e. The fourth-order valence-electron chi connectivity index (χ4n) is 3.15. The van der Waals surface area contributed by atoms with Crippen molar-refractivity contribution in [3.05, 3.63) is 87.4 Å². The minimum atomic E-state index is -4.58. The van der Waals surface area contributed by atoms with Crippen molar-refractivity contribution >= 4 is 63.9 Å². The van der Waals surface area contributed by atoms with Gasteiger partial charge in [-0.3, -0.25) is 4.90 Å². The molecule has 12 heteroatoms. The normalized spacial score (nSPS) is 11.1. The summed E-state index contributed by atoms with van der Waals surface area (Å²) in [5, 5.41) is 8.87. The largest absolute Gasteiger partial charge is 0.416 e. The van der Waals surface area contributed by atoms with E-state index in [9.17, 15) is 22.8 Å². The number of rotatable bonds is 7. The summed E-state index contributed by atoms with van der Waals surface area (Å²) < 4.78 is 39.7. The Morgan fingerprint density at radius 3 is 2.28 bits per heavy atom. The van der Waals surface area contributed by atoms with Crippen LogP contribution in [0.2, 0.25) is 15.1 Å². The van der Waals surface area contributed by atoms with E-state index in [4.69, 9.17) is 34.8 Å². The summed E-state index contributed by atoms with van der Waals surface area (Å²) in [6.07, 6.45) is -4.34. The van der Waals surface area contributed by atoms with Crippen LogP contribution >= 0.6 is 34.8 Å². The maximum absolute atomic E-state index is 13.2. The van der Waals surface area contributed by atoms with Crippen molar-refractivity contribution < 1.29 is 22.8 Å². The quantitative estimate of drug-likeness (QED) is 0.257. The molecule has 0 bridgehead atoms. The number of amides is 4. The van der Waals surface area contributed by atoms with Gasteiger partial charge in [-0.05, 0) is 61.0 Å². The molecular formula is C24H20Cl3F3N4O2. The van der Waals surface area contributed by atoms with Crippen molar-refractivity contribution in [2.45, 2.75) is 12.6 Å². The second-order valence-corrected chi connectivity index (χ2v) is 8.78. The Morgan fingerprint density at radius 1 is 0.861 bits per heavy atom. The number of hydrogen-bond donors (Lipinski definition) is 3. The minimum absolute atomic E-state index is 0.00961. The van der Waals surface area contributed by atoms with Gasteiger partial charge in [-0.25, -0.2) is 9.59 Å². The predicted octanol–water partition coefficient (Wildman–Crippen LogP) is 7.92. The summed E-state index contributed by atoms with van der Waals surface area (Å²) in [6.45, 7) is 0.132. The first-order valence-electron chi connectivity index (χ1n) is 10.5. The summed E-state index contributed by atoms with van der Waals surface area (Å²) in [4.78, 5) is 26.3. The Kier molecular flexibility index (Phi) is 9.31. The number of nitrogens with zero attached hydrogens (tertiary/aromatic N) is 1. The van der Waals surface area contributed by atoms with E-state index in [-0.39, 0.29) is 30.2 Å². The highest BCUT2D eigenvalue weighted by Gasteiger charge is 2.31. The van der Waals surface area contributed by atoms with Crippen LogP contribution in [0.3, 0.4) is 0 Å². The fourth-order valence-corrected chi connectivity index (χ4v) is 3.80. The Labute approximate surface area is 220 Å². The predicted molar refractivity (Wildman–Crippen MR) is 137 cm³/mol. The molecule has 3 aromatic carbocycles. The lowest BCUT2D eigenvalue weighted by Gasteiger charge is -2.24. The topological polar surface area (TPSA) is 73.5 Å². The molecule has 36 heavy (non-hydrogen) atoms. The van der Waals surface area contributed by atoms with Crippen LogP contribution < -0.4 is 20.9 Å². The Bertz CT molecular complexity index is 1240. The van der Waals surface area contributed by atoms with Crippen LogP contribution in [-0.4, -0.2) is 25.2 Å². The summed E-state index contributed by atoms with van der Waals surface area (Å²) in [7, 11) is 0. The van der Waals surface area contributed by atoms with Crippen LogP contribution in [0, 0.1) is 0 Å². The van der Waals surface area contributed by atoms with E-state index in [2.05, 4.69) is 16.0 Å². The lowest BCUT2D eigenvalue weighted by Crippen LogP contribution is -2.38. The molecular weight excluding hydrogens is 540 g/mol. The minimum Gasteiger partial charge on any atom is -0.338 e. The van der Waals surface area contributed by atoms with E-state index in [1.807, 2.05) is 0 Å². The van der Waals surface area contributed by atoms with Crippen LogP contribution in [0.25, 0.3) is 0 Å². The number of anilines is 3. The van der Waals surface area contributed by atoms with Crippen molar-refractivity contribution in [2.75, 3.05) is 28.6 Å². The van der Waals surface area contributed by atoms with Crippen LogP contribution in [-0.2, 0) is 6.18 Å². The van der Waals surface area contributed by atoms with Gasteiger partial charge in [-0.2, -0.15) is 13.2 Å². The van der Waals surface area contributed by atoms with Crippen molar-refractivity contribution in [3.63, 3.8) is 0 Å². The number of urea groups is 2. The number of carbonyl (C=O) groups excluding carboxylic acids is 2. The average molecular weight is 560 g/mol. The first kappa shape index (κ1) is 27.4. The van der Waals surface area contributed by atoms with Crippen molar-refractivity contribution in [1.82, 2.24) is 5.32 Å². The van der Waals surface area contributed by atoms with E-state index < -0.39 is 23.8 Å². The Balaban J connectivity index is 1.67. The molecule has 0 heterocycles. The van der Waals surface area contributed by atoms with Crippen LogP contribution in [0.1, 0.15) is 12.0 Å². The summed E-state index contributed by atoms with van der Waals surface area (Å²) >= 11 is 17.8. The number of benzene rings is 3. The standard InChI is InChI=1S/C24H20Cl3F3N4O2/c25-16-5-2-6-18(13-16)32-23(36)34(19-7-1-4-15(12-19)24(28,29)30)11-3-10-31-22(35)33-21-9-8-17(26)14-20(21)27/h1-2,4-9,12-14H,3,10-11H2,(H,32,36)(H2,31,33,35). The van der Waals surface area contributed by atoms with Gasteiger partial charge in [0.05, 0.1) is 16.3 Å². The Morgan fingerprint density at radius 2 is 1.58 bits per heavy atom. The van der Waals surface area contributed by atoms with Gasteiger partial charge in [0.2, 0.25) is 0 Å². The zero-order valence-corrected chi connectivity index (χ0v) is 20.8. The molecule has 3 aromatic rings. The third kappa shape index (κ3) is 7.94. The smallest absolute Gasteiger partial charge is 0.338 e. The third-order valence-corrected chi connectivity index (χ3v) is 5.61. The highest BCUT2D eigenvalue weighted by molar-refractivity contribution is 6.36. The number of alkyl halides is 3. The van der Waals surface area contributed by atoms with Crippen molar-refractivity contribution in [1.29, 1.82) is 0 Å². The average Bonchev–Trinajstić information content (AvgIpc) is 2.80. The Hall–Kier alpha value is -3.14. The molecule has 0 aliphatic carbocycles. The molecule has 0 spiro atoms. The molecule has 0 atom stereocenters. The monoisotopic (exact) mass is 558 g/mol. The SMILES string of the molecule is O=C(NCCCN(C(=O)Nc1cccc(Cl)c1)c1cccc(C(F)(F)F)c1)Nc1ccc(Cl)cc1Cl. The molecule has 0 aromatic heterocycles. The molecule has 0 aliphatic rings. The van der Waals surface area contributed by atoms with Crippen LogP contribution in [0.5, 0.6) is 0 Å². The molecule has 190 valence electrons. The zero-order chi connectivity index (χ0) is 26.3. The highest BCUT2D eigenvalue weighted by Crippen LogP contribution is 2.32. The van der Waals surface area contributed by atoms with Gasteiger partial charge in [-0.1, -0.05) is 46.9 Å². The summed E-state index contributed by atoms with van der Waals surface area (Å²) in [6, 6.07) is 14.2. The molecule has 0 aliphatic heterocycles. The van der Waals surface area contributed by atoms with Gasteiger partial charge >= 0.3 is 18.2 Å². The van der Waals surface area contributed by atoms with Gasteiger partial charge in [0.25, 0.3) is 0 Å². The van der Waals surface area contributed by atoms with Gasteiger partial charge in [-0.15, -0.1) is 0 Å². The van der Waals surface area contributed by atoms with Gasteiger partial charge in [0.15, 0.2) is 0 Å². The second kappa shape index (κ2) is 12.2. The first-order chi connectivity index (χ1) is 17.0. The molecule has 0 saturated heterocycles. The lowest BCUT2D eigenvalue weighted by molar-refractivity contribution is -0.137. The number of hydrogen-bond acceptors (Lipinski definition) is 2. The highest BCUT2D eigenvalue weighted by atomic mass is 35.5. The summed E-state index contributed by atoms with van der Waals surface area (Å²) in [5.41, 5.74) is -0.119. The first-order valence-corrected chi connectivity index (χ1v) is 11.7. The van der Waals surface area contributed by atoms with Crippen LogP contribution in [0.4, 0.5) is 39.8 Å². The molecule has 0 radical (unpaired) electrons.